The third kappa shape index (κ3) is 0.898. The number of pyridine rings is 1. The predicted octanol–water partition coefficient (Wildman–Crippen LogP) is 1.62. The summed E-state index contributed by atoms with van der Waals surface area (Å²) >= 11 is 5.79. The standard InChI is InChI=1S/C8H6ClNO2/c1-4-5(9)2-10-7-6(11)3-12-8(4)7/h2H,3H2,1H3. The van der Waals surface area contributed by atoms with Gasteiger partial charge in [-0.3, -0.25) is 4.79 Å². The number of rotatable bonds is 0. The summed E-state index contributed by atoms with van der Waals surface area (Å²) in [7, 11) is 0. The van der Waals surface area contributed by atoms with Gasteiger partial charge in [-0.1, -0.05) is 11.6 Å². The molecule has 0 spiro atoms. The summed E-state index contributed by atoms with van der Waals surface area (Å²) in [6.07, 6.45) is 1.47. The van der Waals surface area contributed by atoms with Gasteiger partial charge in [0, 0.05) is 11.8 Å². The van der Waals surface area contributed by atoms with Crippen molar-refractivity contribution in [2.24, 2.45) is 0 Å². The Morgan fingerprint density at radius 1 is 1.67 bits per heavy atom. The molecule has 1 aliphatic heterocycles. The van der Waals surface area contributed by atoms with E-state index in [0.717, 1.165) is 5.56 Å². The summed E-state index contributed by atoms with van der Waals surface area (Å²) in [5, 5.41) is 0.531. The minimum atomic E-state index is -0.0789. The smallest absolute Gasteiger partial charge is 0.222 e. The number of hydrogen-bond acceptors (Lipinski definition) is 3. The van der Waals surface area contributed by atoms with Crippen LogP contribution in [0.15, 0.2) is 6.20 Å². The Morgan fingerprint density at radius 2 is 2.42 bits per heavy atom. The molecule has 0 bridgehead atoms. The molecule has 0 radical (unpaired) electrons. The van der Waals surface area contributed by atoms with Gasteiger partial charge in [-0.25, -0.2) is 4.98 Å². The number of fused-ring (bicyclic) bond motifs is 1. The minimum Gasteiger partial charge on any atom is -0.483 e. The van der Waals surface area contributed by atoms with Crippen LogP contribution in [0.2, 0.25) is 5.02 Å². The molecule has 0 atom stereocenters. The molecule has 0 aliphatic carbocycles. The van der Waals surface area contributed by atoms with Crippen molar-refractivity contribution in [3.63, 3.8) is 0 Å². The lowest BCUT2D eigenvalue weighted by molar-refractivity contribution is 0.0958. The molecule has 2 rings (SSSR count). The second-order valence-corrected chi connectivity index (χ2v) is 3.03. The van der Waals surface area contributed by atoms with E-state index in [1.165, 1.54) is 6.20 Å². The van der Waals surface area contributed by atoms with Crippen molar-refractivity contribution in [3.05, 3.63) is 22.5 Å². The number of halogens is 1. The van der Waals surface area contributed by atoms with Crippen LogP contribution in [0.25, 0.3) is 0 Å². The average molecular weight is 184 g/mol. The van der Waals surface area contributed by atoms with E-state index in [2.05, 4.69) is 4.98 Å². The number of carbonyl (C=O) groups is 1. The summed E-state index contributed by atoms with van der Waals surface area (Å²) in [4.78, 5) is 15.0. The number of Topliss-reactive ketones (excluding diaryl/α,β-unsaturated/α-hetero) is 1. The highest BCUT2D eigenvalue weighted by atomic mass is 35.5. The third-order valence-electron chi connectivity index (χ3n) is 1.83. The Bertz CT molecular complexity index is 362. The van der Waals surface area contributed by atoms with Crippen LogP contribution in [-0.4, -0.2) is 17.4 Å². The zero-order chi connectivity index (χ0) is 8.72. The first kappa shape index (κ1) is 7.55. The van der Waals surface area contributed by atoms with Crippen molar-refractivity contribution in [1.29, 1.82) is 0 Å². The summed E-state index contributed by atoms with van der Waals surface area (Å²) in [6.45, 7) is 1.89. The van der Waals surface area contributed by atoms with Crippen LogP contribution in [0.3, 0.4) is 0 Å². The van der Waals surface area contributed by atoms with Gasteiger partial charge in [0.15, 0.2) is 18.1 Å². The third-order valence-corrected chi connectivity index (χ3v) is 2.21. The maximum absolute atomic E-state index is 11.1. The molecular formula is C8H6ClNO2. The predicted molar refractivity (Wildman–Crippen MR) is 43.8 cm³/mol. The topological polar surface area (TPSA) is 39.2 Å². The van der Waals surface area contributed by atoms with Crippen LogP contribution < -0.4 is 4.74 Å². The first-order valence-electron chi connectivity index (χ1n) is 3.51. The molecule has 1 aliphatic rings. The highest BCUT2D eigenvalue weighted by Crippen LogP contribution is 2.31. The molecule has 1 aromatic rings. The number of nitrogens with zero attached hydrogens (tertiary/aromatic N) is 1. The van der Waals surface area contributed by atoms with Crippen LogP contribution in [-0.2, 0) is 0 Å². The second-order valence-electron chi connectivity index (χ2n) is 2.62. The van der Waals surface area contributed by atoms with Crippen LogP contribution in [0.5, 0.6) is 5.75 Å². The molecule has 0 amide bonds. The largest absolute Gasteiger partial charge is 0.483 e. The number of aromatic nitrogens is 1. The van der Waals surface area contributed by atoms with Gasteiger partial charge >= 0.3 is 0 Å². The number of ketones is 1. The van der Waals surface area contributed by atoms with Gasteiger partial charge < -0.3 is 4.74 Å². The van der Waals surface area contributed by atoms with Crippen LogP contribution in [0.4, 0.5) is 0 Å². The van der Waals surface area contributed by atoms with Gasteiger partial charge in [0.05, 0.1) is 5.02 Å². The van der Waals surface area contributed by atoms with Gasteiger partial charge in [0.1, 0.15) is 0 Å². The monoisotopic (exact) mass is 183 g/mol. The molecular weight excluding hydrogens is 178 g/mol. The van der Waals surface area contributed by atoms with E-state index in [1.807, 2.05) is 0 Å². The highest BCUT2D eigenvalue weighted by molar-refractivity contribution is 6.31. The van der Waals surface area contributed by atoms with E-state index in [4.69, 9.17) is 16.3 Å². The van der Waals surface area contributed by atoms with Crippen LogP contribution in [0, 0.1) is 6.92 Å². The molecule has 0 unspecified atom stereocenters. The Kier molecular flexibility index (Phi) is 1.54. The Balaban J connectivity index is 2.68. The fourth-order valence-corrected chi connectivity index (χ4v) is 1.28. The van der Waals surface area contributed by atoms with Gasteiger partial charge in [0.2, 0.25) is 5.78 Å². The molecule has 4 heteroatoms. The zero-order valence-corrected chi connectivity index (χ0v) is 7.18. The number of hydrogen-bond donors (Lipinski definition) is 0. The van der Waals surface area contributed by atoms with Crippen molar-refractivity contribution >= 4 is 17.4 Å². The molecule has 62 valence electrons. The van der Waals surface area contributed by atoms with Crippen molar-refractivity contribution < 1.29 is 9.53 Å². The Labute approximate surface area is 74.3 Å². The molecule has 1 aromatic heterocycles. The SMILES string of the molecule is Cc1c(Cl)cnc2c1OCC2=O. The number of carbonyl (C=O) groups excluding carboxylic acids is 1. The maximum atomic E-state index is 11.1. The molecule has 0 aromatic carbocycles. The minimum absolute atomic E-state index is 0.0789. The lowest BCUT2D eigenvalue weighted by Gasteiger charge is -2.01. The zero-order valence-electron chi connectivity index (χ0n) is 6.43. The van der Waals surface area contributed by atoms with Crippen molar-refractivity contribution in [2.75, 3.05) is 6.61 Å². The van der Waals surface area contributed by atoms with E-state index in [1.54, 1.807) is 6.92 Å². The van der Waals surface area contributed by atoms with Crippen molar-refractivity contribution in [3.8, 4) is 5.75 Å². The first-order valence-corrected chi connectivity index (χ1v) is 3.89. The van der Waals surface area contributed by atoms with Gasteiger partial charge in [-0.05, 0) is 6.92 Å². The molecule has 0 saturated heterocycles. The van der Waals surface area contributed by atoms with E-state index < -0.39 is 0 Å². The Morgan fingerprint density at radius 3 is 3.17 bits per heavy atom. The second kappa shape index (κ2) is 2.45. The highest BCUT2D eigenvalue weighted by Gasteiger charge is 2.25. The number of ether oxygens (including phenoxy) is 1. The Hall–Kier alpha value is -1.09. The summed E-state index contributed by atoms with van der Waals surface area (Å²) in [5.41, 5.74) is 1.18. The summed E-state index contributed by atoms with van der Waals surface area (Å²) in [5.74, 6) is 0.456. The molecule has 0 saturated carbocycles. The van der Waals surface area contributed by atoms with Crippen LogP contribution >= 0.6 is 11.6 Å². The quantitative estimate of drug-likeness (QED) is 0.614. The lowest BCUT2D eigenvalue weighted by Crippen LogP contribution is -2.00. The fraction of sp³-hybridized carbons (Fsp3) is 0.250. The van der Waals surface area contributed by atoms with E-state index in [-0.39, 0.29) is 12.4 Å². The fourth-order valence-electron chi connectivity index (χ4n) is 1.14. The van der Waals surface area contributed by atoms with Gasteiger partial charge in [-0.15, -0.1) is 0 Å². The normalized spacial score (nSPS) is 14.3. The molecule has 0 fully saturated rings. The van der Waals surface area contributed by atoms with Gasteiger partial charge in [-0.2, -0.15) is 0 Å². The first-order chi connectivity index (χ1) is 5.70. The maximum Gasteiger partial charge on any atom is 0.222 e. The lowest BCUT2D eigenvalue weighted by atomic mass is 10.2. The molecule has 12 heavy (non-hydrogen) atoms. The van der Waals surface area contributed by atoms with E-state index >= 15 is 0 Å². The molecule has 0 N–H and O–H groups in total. The molecule has 3 nitrogen and oxygen atoms in total. The van der Waals surface area contributed by atoms with Gasteiger partial charge in [0.25, 0.3) is 0 Å². The van der Waals surface area contributed by atoms with Crippen molar-refractivity contribution in [1.82, 2.24) is 4.98 Å². The van der Waals surface area contributed by atoms with E-state index in [0.29, 0.717) is 16.5 Å². The van der Waals surface area contributed by atoms with E-state index in [9.17, 15) is 4.79 Å². The molecule has 2 heterocycles. The summed E-state index contributed by atoms with van der Waals surface area (Å²) in [6, 6.07) is 0. The van der Waals surface area contributed by atoms with Crippen LogP contribution in [0.1, 0.15) is 16.1 Å². The van der Waals surface area contributed by atoms with Crippen molar-refractivity contribution in [2.45, 2.75) is 6.92 Å². The summed E-state index contributed by atoms with van der Waals surface area (Å²) < 4.78 is 5.13. The average Bonchev–Trinajstić information content (AvgIpc) is 2.41.